The van der Waals surface area contributed by atoms with Gasteiger partial charge < -0.3 is 15.7 Å². The van der Waals surface area contributed by atoms with Gasteiger partial charge in [0.25, 0.3) is 0 Å². The molecular weight excluding hydrogens is 394 g/mol. The molecule has 0 aliphatic rings. The number of benzene rings is 2. The Kier molecular flexibility index (Phi) is 10.0. The summed E-state index contributed by atoms with van der Waals surface area (Å²) in [5.74, 6) is -0.933. The normalized spacial score (nSPS) is 10.2. The predicted octanol–water partition coefficient (Wildman–Crippen LogP) is 6.17. The molecule has 2 aromatic carbocycles. The van der Waals surface area contributed by atoms with Gasteiger partial charge in [0.2, 0.25) is 0 Å². The molecule has 0 saturated heterocycles. The van der Waals surface area contributed by atoms with Crippen LogP contribution in [0.15, 0.2) is 54.6 Å². The first-order valence-electron chi connectivity index (χ1n) is 10.3. The third-order valence-electron chi connectivity index (χ3n) is 4.42. The lowest BCUT2D eigenvalue weighted by molar-refractivity contribution is 0.0701. The first-order chi connectivity index (χ1) is 14.5. The standard InChI is InChI=1S/C12H12N2O2S.C12H19N/c1-7-3-5-9(6-4-7)14-12-13-8(2)10(17-12)11(15)16;1-2-3-7-10-13-11-12-8-5-4-6-9-12/h3-6H,1-2H3,(H,13,14)(H,15,16);4-6,8-9,13H,2-3,7,10-11H2,1H3. The van der Waals surface area contributed by atoms with Gasteiger partial charge in [-0.25, -0.2) is 9.78 Å². The van der Waals surface area contributed by atoms with Crippen molar-refractivity contribution in [3.05, 3.63) is 76.3 Å². The second kappa shape index (κ2) is 12.8. The lowest BCUT2D eigenvalue weighted by Crippen LogP contribution is -2.14. The Bertz CT molecular complexity index is 893. The van der Waals surface area contributed by atoms with Crippen LogP contribution in [0.1, 0.15) is 52.7 Å². The van der Waals surface area contributed by atoms with Gasteiger partial charge in [0.15, 0.2) is 5.13 Å². The van der Waals surface area contributed by atoms with Gasteiger partial charge >= 0.3 is 5.97 Å². The summed E-state index contributed by atoms with van der Waals surface area (Å²) in [5.41, 5.74) is 3.99. The molecule has 0 atom stereocenters. The summed E-state index contributed by atoms with van der Waals surface area (Å²) in [6.07, 6.45) is 3.93. The molecule has 0 bridgehead atoms. The number of aryl methyl sites for hydroxylation is 2. The summed E-state index contributed by atoms with van der Waals surface area (Å²) >= 11 is 1.14. The lowest BCUT2D eigenvalue weighted by atomic mass is 10.2. The number of carboxylic acid groups (broad SMARTS) is 1. The average molecular weight is 426 g/mol. The summed E-state index contributed by atoms with van der Waals surface area (Å²) in [4.78, 5) is 15.3. The zero-order valence-electron chi connectivity index (χ0n) is 17.9. The smallest absolute Gasteiger partial charge is 0.347 e. The molecule has 1 heterocycles. The van der Waals surface area contributed by atoms with E-state index >= 15 is 0 Å². The second-order valence-corrected chi connectivity index (χ2v) is 8.10. The van der Waals surface area contributed by atoms with E-state index in [0.29, 0.717) is 10.8 Å². The SMILES string of the molecule is CCCCCNCc1ccccc1.Cc1ccc(Nc2nc(C)c(C(=O)O)s2)cc1. The van der Waals surface area contributed by atoms with E-state index in [4.69, 9.17) is 5.11 Å². The fraction of sp³-hybridized carbons (Fsp3) is 0.333. The highest BCUT2D eigenvalue weighted by Crippen LogP contribution is 2.25. The Labute approximate surface area is 183 Å². The number of thiazole rings is 1. The molecule has 5 nitrogen and oxygen atoms in total. The van der Waals surface area contributed by atoms with Crippen molar-refractivity contribution in [2.24, 2.45) is 0 Å². The quantitative estimate of drug-likeness (QED) is 0.358. The Morgan fingerprint density at radius 1 is 1.03 bits per heavy atom. The van der Waals surface area contributed by atoms with E-state index in [0.717, 1.165) is 30.1 Å². The van der Waals surface area contributed by atoms with Gasteiger partial charge in [-0.05, 0) is 44.5 Å². The second-order valence-electron chi connectivity index (χ2n) is 7.10. The number of carboxylic acids is 1. The molecule has 0 radical (unpaired) electrons. The number of anilines is 2. The highest BCUT2D eigenvalue weighted by molar-refractivity contribution is 7.17. The van der Waals surface area contributed by atoms with Crippen molar-refractivity contribution in [1.29, 1.82) is 0 Å². The van der Waals surface area contributed by atoms with Crippen molar-refractivity contribution in [2.45, 2.75) is 46.6 Å². The molecule has 160 valence electrons. The molecule has 30 heavy (non-hydrogen) atoms. The van der Waals surface area contributed by atoms with Crippen LogP contribution in [-0.2, 0) is 6.54 Å². The van der Waals surface area contributed by atoms with Crippen LogP contribution in [0.4, 0.5) is 10.8 Å². The molecule has 0 aliphatic heterocycles. The third kappa shape index (κ3) is 8.35. The molecule has 0 saturated carbocycles. The van der Waals surface area contributed by atoms with Gasteiger partial charge in [0.05, 0.1) is 5.69 Å². The summed E-state index contributed by atoms with van der Waals surface area (Å²) < 4.78 is 0. The third-order valence-corrected chi connectivity index (χ3v) is 5.48. The first kappa shape index (κ1) is 23.6. The van der Waals surface area contributed by atoms with Crippen LogP contribution in [0.2, 0.25) is 0 Å². The maximum atomic E-state index is 10.9. The minimum atomic E-state index is -0.933. The zero-order chi connectivity index (χ0) is 21.8. The van der Waals surface area contributed by atoms with E-state index < -0.39 is 5.97 Å². The number of hydrogen-bond acceptors (Lipinski definition) is 5. The number of aromatic carboxylic acids is 1. The minimum Gasteiger partial charge on any atom is -0.477 e. The van der Waals surface area contributed by atoms with Crippen molar-refractivity contribution < 1.29 is 9.90 Å². The van der Waals surface area contributed by atoms with E-state index in [1.54, 1.807) is 6.92 Å². The molecule has 3 aromatic rings. The molecule has 0 fully saturated rings. The summed E-state index contributed by atoms with van der Waals surface area (Å²) in [5, 5.41) is 16.1. The number of nitrogens with zero attached hydrogens (tertiary/aromatic N) is 1. The molecule has 3 rings (SSSR count). The summed E-state index contributed by atoms with van der Waals surface area (Å²) in [7, 11) is 0. The largest absolute Gasteiger partial charge is 0.477 e. The van der Waals surface area contributed by atoms with Crippen LogP contribution in [-0.4, -0.2) is 22.6 Å². The molecule has 0 spiro atoms. The number of rotatable bonds is 9. The van der Waals surface area contributed by atoms with Crippen LogP contribution < -0.4 is 10.6 Å². The predicted molar refractivity (Wildman–Crippen MR) is 126 cm³/mol. The minimum absolute atomic E-state index is 0.277. The van der Waals surface area contributed by atoms with Crippen molar-refractivity contribution >= 4 is 28.1 Å². The molecule has 6 heteroatoms. The molecule has 0 amide bonds. The maximum absolute atomic E-state index is 10.9. The van der Waals surface area contributed by atoms with E-state index in [2.05, 4.69) is 52.9 Å². The highest BCUT2D eigenvalue weighted by Gasteiger charge is 2.13. The highest BCUT2D eigenvalue weighted by atomic mass is 32.1. The number of aromatic nitrogens is 1. The Morgan fingerprint density at radius 3 is 2.33 bits per heavy atom. The van der Waals surface area contributed by atoms with Crippen LogP contribution in [0, 0.1) is 13.8 Å². The summed E-state index contributed by atoms with van der Waals surface area (Å²) in [6, 6.07) is 18.4. The fourth-order valence-corrected chi connectivity index (χ4v) is 3.56. The van der Waals surface area contributed by atoms with Gasteiger partial charge in [-0.2, -0.15) is 0 Å². The number of hydrogen-bond donors (Lipinski definition) is 3. The molecular formula is C24H31N3O2S. The molecule has 0 unspecified atom stereocenters. The zero-order valence-corrected chi connectivity index (χ0v) is 18.8. The van der Waals surface area contributed by atoms with Crippen molar-refractivity contribution in [1.82, 2.24) is 10.3 Å². The van der Waals surface area contributed by atoms with Gasteiger partial charge in [0.1, 0.15) is 4.88 Å². The topological polar surface area (TPSA) is 74.2 Å². The van der Waals surface area contributed by atoms with E-state index in [1.165, 1.54) is 30.4 Å². The van der Waals surface area contributed by atoms with E-state index in [1.807, 2.05) is 31.2 Å². The van der Waals surface area contributed by atoms with Crippen LogP contribution in [0.3, 0.4) is 0 Å². The first-order valence-corrected chi connectivity index (χ1v) is 11.1. The number of unbranched alkanes of at least 4 members (excludes halogenated alkanes) is 2. The Balaban J connectivity index is 0.000000222. The maximum Gasteiger partial charge on any atom is 0.347 e. The lowest BCUT2D eigenvalue weighted by Gasteiger charge is -2.03. The fourth-order valence-electron chi connectivity index (χ4n) is 2.74. The van der Waals surface area contributed by atoms with Crippen LogP contribution >= 0.6 is 11.3 Å². The number of carbonyl (C=O) groups is 1. The molecule has 3 N–H and O–H groups in total. The van der Waals surface area contributed by atoms with Gasteiger partial charge in [-0.15, -0.1) is 0 Å². The molecule has 0 aliphatic carbocycles. The van der Waals surface area contributed by atoms with Gasteiger partial charge in [-0.3, -0.25) is 0 Å². The van der Waals surface area contributed by atoms with Crippen molar-refractivity contribution in [3.8, 4) is 0 Å². The molecule has 1 aromatic heterocycles. The monoisotopic (exact) mass is 425 g/mol. The summed E-state index contributed by atoms with van der Waals surface area (Å²) in [6.45, 7) is 8.09. The van der Waals surface area contributed by atoms with Gasteiger partial charge in [0, 0.05) is 12.2 Å². The Morgan fingerprint density at radius 2 is 1.73 bits per heavy atom. The number of nitrogens with one attached hydrogen (secondary N) is 2. The van der Waals surface area contributed by atoms with Crippen LogP contribution in [0.5, 0.6) is 0 Å². The van der Waals surface area contributed by atoms with Crippen molar-refractivity contribution in [2.75, 3.05) is 11.9 Å². The average Bonchev–Trinajstić information content (AvgIpc) is 3.11. The van der Waals surface area contributed by atoms with Crippen molar-refractivity contribution in [3.63, 3.8) is 0 Å². The Hall–Kier alpha value is -2.70. The van der Waals surface area contributed by atoms with E-state index in [-0.39, 0.29) is 4.88 Å². The van der Waals surface area contributed by atoms with Crippen LogP contribution in [0.25, 0.3) is 0 Å². The van der Waals surface area contributed by atoms with Gasteiger partial charge in [-0.1, -0.05) is 79.1 Å². The van der Waals surface area contributed by atoms with E-state index in [9.17, 15) is 4.79 Å².